The maximum atomic E-state index is 11.1. The fourth-order valence-electron chi connectivity index (χ4n) is 2.62. The molecule has 0 amide bonds. The molecule has 1 rings (SSSR count). The first-order chi connectivity index (χ1) is 6.49. The van der Waals surface area contributed by atoms with Gasteiger partial charge in [0.1, 0.15) is 0 Å². The van der Waals surface area contributed by atoms with Crippen LogP contribution in [0.2, 0.25) is 0 Å². The van der Waals surface area contributed by atoms with Crippen molar-refractivity contribution in [3.8, 4) is 0 Å². The Bertz CT molecular complexity index is 208. The van der Waals surface area contributed by atoms with Crippen LogP contribution in [0, 0.1) is 17.3 Å². The maximum absolute atomic E-state index is 11.1. The number of carboxylic acid groups (broad SMARTS) is 1. The monoisotopic (exact) mass is 198 g/mol. The van der Waals surface area contributed by atoms with Crippen molar-refractivity contribution >= 4 is 5.97 Å². The molecule has 0 radical (unpaired) electrons. The number of hydrogen-bond acceptors (Lipinski definition) is 1. The molecule has 1 saturated carbocycles. The Kier molecular flexibility index (Phi) is 3.57. The van der Waals surface area contributed by atoms with Crippen LogP contribution < -0.4 is 0 Å². The van der Waals surface area contributed by atoms with Crippen LogP contribution in [-0.4, -0.2) is 11.1 Å². The van der Waals surface area contributed by atoms with E-state index < -0.39 is 5.97 Å². The quantitative estimate of drug-likeness (QED) is 0.755. The molecule has 1 aliphatic carbocycles. The van der Waals surface area contributed by atoms with Crippen molar-refractivity contribution in [2.24, 2.45) is 17.3 Å². The summed E-state index contributed by atoms with van der Waals surface area (Å²) in [5.74, 6) is -0.311. The van der Waals surface area contributed by atoms with Crippen molar-refractivity contribution in [1.29, 1.82) is 0 Å². The molecule has 1 fully saturated rings. The van der Waals surface area contributed by atoms with Gasteiger partial charge >= 0.3 is 5.97 Å². The molecule has 0 aromatic carbocycles. The van der Waals surface area contributed by atoms with E-state index in [0.29, 0.717) is 5.92 Å². The Morgan fingerprint density at radius 3 is 2.43 bits per heavy atom. The molecule has 0 heterocycles. The molecule has 0 unspecified atom stereocenters. The number of rotatable bonds is 3. The van der Waals surface area contributed by atoms with Gasteiger partial charge in [0.05, 0.1) is 5.92 Å². The van der Waals surface area contributed by atoms with Crippen LogP contribution in [0.4, 0.5) is 0 Å². The summed E-state index contributed by atoms with van der Waals surface area (Å²) in [5.41, 5.74) is 0.184. The van der Waals surface area contributed by atoms with E-state index in [1.165, 1.54) is 6.42 Å². The molecule has 1 aliphatic rings. The highest BCUT2D eigenvalue weighted by Gasteiger charge is 2.39. The van der Waals surface area contributed by atoms with Crippen LogP contribution in [0.15, 0.2) is 0 Å². The molecule has 0 aromatic heterocycles. The summed E-state index contributed by atoms with van der Waals surface area (Å²) >= 11 is 0. The van der Waals surface area contributed by atoms with Crippen LogP contribution in [0.25, 0.3) is 0 Å². The lowest BCUT2D eigenvalue weighted by atomic mass is 9.64. The molecule has 0 bridgehead atoms. The Morgan fingerprint density at radius 1 is 1.36 bits per heavy atom. The third-order valence-corrected chi connectivity index (χ3v) is 4.00. The van der Waals surface area contributed by atoms with Gasteiger partial charge in [-0.25, -0.2) is 0 Å². The van der Waals surface area contributed by atoms with E-state index in [2.05, 4.69) is 20.8 Å². The highest BCUT2D eigenvalue weighted by molar-refractivity contribution is 5.70. The molecule has 82 valence electrons. The number of carbonyl (C=O) groups is 1. The van der Waals surface area contributed by atoms with Crippen molar-refractivity contribution in [2.45, 2.75) is 52.9 Å². The van der Waals surface area contributed by atoms with Crippen LogP contribution >= 0.6 is 0 Å². The van der Waals surface area contributed by atoms with Crippen LogP contribution in [-0.2, 0) is 4.79 Å². The first kappa shape index (κ1) is 11.5. The smallest absolute Gasteiger partial charge is 0.306 e. The van der Waals surface area contributed by atoms with Gasteiger partial charge in [-0.05, 0) is 24.2 Å². The topological polar surface area (TPSA) is 37.3 Å². The lowest BCUT2D eigenvalue weighted by Gasteiger charge is -2.40. The van der Waals surface area contributed by atoms with Gasteiger partial charge in [-0.2, -0.15) is 0 Å². The van der Waals surface area contributed by atoms with Crippen molar-refractivity contribution in [3.63, 3.8) is 0 Å². The summed E-state index contributed by atoms with van der Waals surface area (Å²) in [6.07, 6.45) is 5.34. The zero-order valence-corrected chi connectivity index (χ0v) is 9.55. The molecule has 0 aromatic rings. The minimum Gasteiger partial charge on any atom is -0.481 e. The summed E-state index contributed by atoms with van der Waals surface area (Å²) in [6.45, 7) is 6.57. The Labute approximate surface area is 86.7 Å². The largest absolute Gasteiger partial charge is 0.481 e. The van der Waals surface area contributed by atoms with E-state index in [1.54, 1.807) is 0 Å². The Hall–Kier alpha value is -0.530. The lowest BCUT2D eigenvalue weighted by molar-refractivity contribution is -0.147. The number of hydrogen-bond donors (Lipinski definition) is 1. The van der Waals surface area contributed by atoms with Gasteiger partial charge in [-0.1, -0.05) is 40.0 Å². The molecular weight excluding hydrogens is 176 g/mol. The van der Waals surface area contributed by atoms with Crippen molar-refractivity contribution < 1.29 is 9.90 Å². The van der Waals surface area contributed by atoms with E-state index in [1.807, 2.05) is 0 Å². The Balaban J connectivity index is 2.77. The first-order valence-corrected chi connectivity index (χ1v) is 5.72. The summed E-state index contributed by atoms with van der Waals surface area (Å²) in [6, 6.07) is 0. The van der Waals surface area contributed by atoms with E-state index in [9.17, 15) is 4.79 Å². The van der Waals surface area contributed by atoms with Gasteiger partial charge in [-0.3, -0.25) is 4.79 Å². The highest BCUT2D eigenvalue weighted by atomic mass is 16.4. The average molecular weight is 198 g/mol. The summed E-state index contributed by atoms with van der Waals surface area (Å²) in [5, 5.41) is 9.17. The van der Waals surface area contributed by atoms with Gasteiger partial charge in [-0.15, -0.1) is 0 Å². The molecule has 1 N–H and O–H groups in total. The fraction of sp³-hybridized carbons (Fsp3) is 0.917. The first-order valence-electron chi connectivity index (χ1n) is 5.72. The number of aliphatic carboxylic acids is 1. The van der Waals surface area contributed by atoms with Crippen molar-refractivity contribution in [3.05, 3.63) is 0 Å². The highest BCUT2D eigenvalue weighted by Crippen LogP contribution is 2.43. The van der Waals surface area contributed by atoms with E-state index in [0.717, 1.165) is 25.7 Å². The average Bonchev–Trinajstić information content (AvgIpc) is 2.18. The van der Waals surface area contributed by atoms with Gasteiger partial charge in [0.25, 0.3) is 0 Å². The van der Waals surface area contributed by atoms with Crippen LogP contribution in [0.5, 0.6) is 0 Å². The standard InChI is InChI=1S/C12H22O2/c1-4-12(2,3)10-8-6-5-7-9(10)11(13)14/h9-10H,4-8H2,1-3H3,(H,13,14)/t9-,10+/m0/s1. The van der Waals surface area contributed by atoms with Gasteiger partial charge in [0.2, 0.25) is 0 Å². The lowest BCUT2D eigenvalue weighted by Crippen LogP contribution is -2.36. The predicted molar refractivity (Wildman–Crippen MR) is 57.2 cm³/mol. The van der Waals surface area contributed by atoms with Crippen molar-refractivity contribution in [1.82, 2.24) is 0 Å². The zero-order chi connectivity index (χ0) is 10.8. The van der Waals surface area contributed by atoms with Crippen LogP contribution in [0.3, 0.4) is 0 Å². The molecule has 0 spiro atoms. The summed E-state index contributed by atoms with van der Waals surface area (Å²) in [4.78, 5) is 11.1. The Morgan fingerprint density at radius 2 is 1.93 bits per heavy atom. The van der Waals surface area contributed by atoms with Crippen molar-refractivity contribution in [2.75, 3.05) is 0 Å². The van der Waals surface area contributed by atoms with E-state index >= 15 is 0 Å². The minimum atomic E-state index is -0.587. The summed E-state index contributed by atoms with van der Waals surface area (Å²) < 4.78 is 0. The third kappa shape index (κ3) is 2.28. The maximum Gasteiger partial charge on any atom is 0.306 e. The summed E-state index contributed by atoms with van der Waals surface area (Å²) in [7, 11) is 0. The van der Waals surface area contributed by atoms with E-state index in [-0.39, 0.29) is 11.3 Å². The minimum absolute atomic E-state index is 0.0984. The van der Waals surface area contributed by atoms with Gasteiger partial charge in [0, 0.05) is 0 Å². The third-order valence-electron chi connectivity index (χ3n) is 4.00. The SMILES string of the molecule is CCC(C)(C)[C@@H]1CCCC[C@@H]1C(=O)O. The molecule has 14 heavy (non-hydrogen) atoms. The van der Waals surface area contributed by atoms with Gasteiger partial charge < -0.3 is 5.11 Å². The molecule has 2 atom stereocenters. The zero-order valence-electron chi connectivity index (χ0n) is 9.55. The molecule has 0 aliphatic heterocycles. The van der Waals surface area contributed by atoms with Crippen LogP contribution in [0.1, 0.15) is 52.9 Å². The van der Waals surface area contributed by atoms with E-state index in [4.69, 9.17) is 5.11 Å². The second-order valence-electron chi connectivity index (χ2n) is 5.18. The molecule has 0 saturated heterocycles. The molecule has 2 nitrogen and oxygen atoms in total. The fourth-order valence-corrected chi connectivity index (χ4v) is 2.62. The number of carboxylic acids is 1. The second-order valence-corrected chi connectivity index (χ2v) is 5.18. The molecular formula is C12H22O2. The van der Waals surface area contributed by atoms with Gasteiger partial charge in [0.15, 0.2) is 0 Å². The molecule has 2 heteroatoms. The predicted octanol–water partition coefficient (Wildman–Crippen LogP) is 3.31. The second kappa shape index (κ2) is 4.33. The normalized spacial score (nSPS) is 28.8.